The minimum atomic E-state index is -0.444. The fourth-order valence-electron chi connectivity index (χ4n) is 1.37. The predicted octanol–water partition coefficient (Wildman–Crippen LogP) is 3.39. The van der Waals surface area contributed by atoms with Crippen LogP contribution in [0.5, 0.6) is 0 Å². The van der Waals surface area contributed by atoms with Crippen LogP contribution in [-0.4, -0.2) is 19.9 Å². The largest absolute Gasteiger partial charge is 0.271 e. The highest BCUT2D eigenvalue weighted by molar-refractivity contribution is 9.10. The van der Waals surface area contributed by atoms with Crippen molar-refractivity contribution in [2.75, 3.05) is 0 Å². The van der Waals surface area contributed by atoms with Gasteiger partial charge in [-0.1, -0.05) is 21.1 Å². The SMILES string of the molecule is CC(Br)c1cn(-c2cc([N+](=O)[O-])ccc2Br)nn1. The smallest absolute Gasteiger partial charge is 0.258 e. The zero-order valence-electron chi connectivity index (χ0n) is 9.25. The highest BCUT2D eigenvalue weighted by Gasteiger charge is 2.13. The molecule has 0 saturated carbocycles. The van der Waals surface area contributed by atoms with Crippen LogP contribution < -0.4 is 0 Å². The summed E-state index contributed by atoms with van der Waals surface area (Å²) in [7, 11) is 0. The van der Waals surface area contributed by atoms with E-state index in [9.17, 15) is 10.1 Å². The summed E-state index contributed by atoms with van der Waals surface area (Å²) in [6, 6.07) is 4.49. The molecular weight excluding hydrogens is 368 g/mol. The summed E-state index contributed by atoms with van der Waals surface area (Å²) in [5.74, 6) is 0. The van der Waals surface area contributed by atoms with Gasteiger partial charge >= 0.3 is 0 Å². The van der Waals surface area contributed by atoms with Crippen LogP contribution in [0.3, 0.4) is 0 Å². The van der Waals surface area contributed by atoms with Gasteiger partial charge in [-0.25, -0.2) is 4.68 Å². The third kappa shape index (κ3) is 2.59. The Morgan fingerprint density at radius 2 is 2.22 bits per heavy atom. The van der Waals surface area contributed by atoms with Crippen molar-refractivity contribution in [3.05, 3.63) is 44.7 Å². The summed E-state index contributed by atoms with van der Waals surface area (Å²) < 4.78 is 2.22. The van der Waals surface area contributed by atoms with E-state index in [1.165, 1.54) is 16.8 Å². The first-order valence-electron chi connectivity index (χ1n) is 4.99. The molecule has 0 aliphatic carbocycles. The molecule has 0 spiro atoms. The number of aromatic nitrogens is 3. The number of benzene rings is 1. The molecule has 94 valence electrons. The van der Waals surface area contributed by atoms with E-state index >= 15 is 0 Å². The highest BCUT2D eigenvalue weighted by Crippen LogP contribution is 2.26. The molecule has 1 unspecified atom stereocenters. The monoisotopic (exact) mass is 374 g/mol. The van der Waals surface area contributed by atoms with Crippen molar-refractivity contribution in [3.8, 4) is 5.69 Å². The van der Waals surface area contributed by atoms with Crippen LogP contribution >= 0.6 is 31.9 Å². The minimum absolute atomic E-state index is 0.0112. The zero-order valence-corrected chi connectivity index (χ0v) is 12.4. The maximum Gasteiger partial charge on any atom is 0.271 e. The van der Waals surface area contributed by atoms with Gasteiger partial charge in [-0.15, -0.1) is 5.10 Å². The molecule has 0 saturated heterocycles. The van der Waals surface area contributed by atoms with Gasteiger partial charge in [0.05, 0.1) is 27.3 Å². The van der Waals surface area contributed by atoms with Crippen LogP contribution in [-0.2, 0) is 0 Å². The summed E-state index contributed by atoms with van der Waals surface area (Å²) >= 11 is 6.73. The lowest BCUT2D eigenvalue weighted by Gasteiger charge is -2.03. The molecular formula is C10H8Br2N4O2. The number of rotatable bonds is 3. The molecule has 0 bridgehead atoms. The molecule has 0 amide bonds. The number of nitro groups is 1. The maximum absolute atomic E-state index is 10.7. The number of hydrogen-bond donors (Lipinski definition) is 0. The van der Waals surface area contributed by atoms with Crippen LogP contribution in [0.25, 0.3) is 5.69 Å². The Hall–Kier alpha value is -1.28. The van der Waals surface area contributed by atoms with Crippen LogP contribution in [0, 0.1) is 10.1 Å². The molecule has 0 fully saturated rings. The van der Waals surface area contributed by atoms with Gasteiger partial charge in [-0.2, -0.15) is 0 Å². The first-order chi connectivity index (χ1) is 8.49. The van der Waals surface area contributed by atoms with E-state index < -0.39 is 4.92 Å². The number of halogens is 2. The van der Waals surface area contributed by atoms with E-state index in [1.807, 2.05) is 6.92 Å². The van der Waals surface area contributed by atoms with Crippen LogP contribution in [0.4, 0.5) is 5.69 Å². The normalized spacial score (nSPS) is 12.4. The molecule has 2 aromatic rings. The second-order valence-corrected chi connectivity index (χ2v) is 5.82. The maximum atomic E-state index is 10.7. The van der Waals surface area contributed by atoms with Gasteiger partial charge in [0.2, 0.25) is 0 Å². The summed E-state index contributed by atoms with van der Waals surface area (Å²) in [6.45, 7) is 1.93. The number of hydrogen-bond acceptors (Lipinski definition) is 4. The van der Waals surface area contributed by atoms with E-state index in [-0.39, 0.29) is 10.5 Å². The molecule has 0 N–H and O–H groups in total. The molecule has 2 rings (SSSR count). The van der Waals surface area contributed by atoms with E-state index in [4.69, 9.17) is 0 Å². The van der Waals surface area contributed by atoms with E-state index in [0.717, 1.165) is 5.69 Å². The first-order valence-corrected chi connectivity index (χ1v) is 6.70. The average Bonchev–Trinajstić information content (AvgIpc) is 2.78. The van der Waals surface area contributed by atoms with Crippen molar-refractivity contribution in [3.63, 3.8) is 0 Å². The fourth-order valence-corrected chi connectivity index (χ4v) is 2.01. The summed E-state index contributed by atoms with van der Waals surface area (Å²) in [5, 5.41) is 18.7. The molecule has 18 heavy (non-hydrogen) atoms. The molecule has 1 atom stereocenters. The second-order valence-electron chi connectivity index (χ2n) is 3.60. The summed E-state index contributed by atoms with van der Waals surface area (Å²) in [5.41, 5.74) is 1.35. The third-order valence-electron chi connectivity index (χ3n) is 2.31. The van der Waals surface area contributed by atoms with Crippen molar-refractivity contribution >= 4 is 37.5 Å². The Morgan fingerprint density at radius 3 is 2.78 bits per heavy atom. The van der Waals surface area contributed by atoms with E-state index in [0.29, 0.717) is 10.2 Å². The Labute approximate surface area is 119 Å². The van der Waals surface area contributed by atoms with Crippen molar-refractivity contribution in [2.24, 2.45) is 0 Å². The van der Waals surface area contributed by atoms with Crippen LogP contribution in [0.15, 0.2) is 28.9 Å². The lowest BCUT2D eigenvalue weighted by Crippen LogP contribution is -1.98. The molecule has 0 aliphatic rings. The van der Waals surface area contributed by atoms with Gasteiger partial charge < -0.3 is 0 Å². The minimum Gasteiger partial charge on any atom is -0.258 e. The Bertz CT molecular complexity index is 597. The van der Waals surface area contributed by atoms with Gasteiger partial charge in [-0.05, 0) is 28.9 Å². The van der Waals surface area contributed by atoms with Crippen molar-refractivity contribution in [2.45, 2.75) is 11.8 Å². The number of alkyl halides is 1. The van der Waals surface area contributed by atoms with Crippen molar-refractivity contribution in [1.29, 1.82) is 0 Å². The Balaban J connectivity index is 2.48. The number of nitrogens with zero attached hydrogens (tertiary/aromatic N) is 4. The average molecular weight is 376 g/mol. The summed E-state index contributed by atoms with van der Waals surface area (Å²) in [4.78, 5) is 10.4. The molecule has 0 radical (unpaired) electrons. The fraction of sp³-hybridized carbons (Fsp3) is 0.200. The molecule has 8 heteroatoms. The van der Waals surface area contributed by atoms with E-state index in [2.05, 4.69) is 42.2 Å². The Kier molecular flexibility index (Phi) is 3.76. The molecule has 1 heterocycles. The quantitative estimate of drug-likeness (QED) is 0.468. The first kappa shape index (κ1) is 13.2. The zero-order chi connectivity index (χ0) is 13.3. The predicted molar refractivity (Wildman–Crippen MR) is 73.1 cm³/mol. The molecule has 0 aliphatic heterocycles. The molecule has 6 nitrogen and oxygen atoms in total. The molecule has 1 aromatic carbocycles. The van der Waals surface area contributed by atoms with Gasteiger partial charge in [0.25, 0.3) is 5.69 Å². The lowest BCUT2D eigenvalue weighted by molar-refractivity contribution is -0.384. The third-order valence-corrected chi connectivity index (χ3v) is 3.45. The van der Waals surface area contributed by atoms with Gasteiger partial charge in [0.1, 0.15) is 0 Å². The van der Waals surface area contributed by atoms with Crippen molar-refractivity contribution in [1.82, 2.24) is 15.0 Å². The number of nitro benzene ring substituents is 1. The van der Waals surface area contributed by atoms with E-state index in [1.54, 1.807) is 12.3 Å². The topological polar surface area (TPSA) is 73.8 Å². The highest BCUT2D eigenvalue weighted by atomic mass is 79.9. The van der Waals surface area contributed by atoms with Gasteiger partial charge in [0, 0.05) is 16.6 Å². The van der Waals surface area contributed by atoms with Gasteiger partial charge in [-0.3, -0.25) is 10.1 Å². The van der Waals surface area contributed by atoms with Gasteiger partial charge in [0.15, 0.2) is 0 Å². The second kappa shape index (κ2) is 5.15. The molecule has 1 aromatic heterocycles. The standard InChI is InChI=1S/C10H8Br2N4O2/c1-6(11)9-5-15(14-13-9)10-4-7(16(17)18)2-3-8(10)12/h2-6H,1H3. The Morgan fingerprint density at radius 1 is 1.50 bits per heavy atom. The van der Waals surface area contributed by atoms with Crippen molar-refractivity contribution < 1.29 is 4.92 Å². The number of non-ortho nitro benzene ring substituents is 1. The van der Waals surface area contributed by atoms with Crippen LogP contribution in [0.1, 0.15) is 17.4 Å². The van der Waals surface area contributed by atoms with Crippen LogP contribution in [0.2, 0.25) is 0 Å². The lowest BCUT2D eigenvalue weighted by atomic mass is 10.3. The summed E-state index contributed by atoms with van der Waals surface area (Å²) in [6.07, 6.45) is 1.73.